The van der Waals surface area contributed by atoms with Crippen molar-refractivity contribution in [1.82, 2.24) is 10.2 Å². The second-order valence-corrected chi connectivity index (χ2v) is 7.22. The van der Waals surface area contributed by atoms with E-state index in [1.807, 2.05) is 37.3 Å². The highest BCUT2D eigenvalue weighted by atomic mass is 16.6. The summed E-state index contributed by atoms with van der Waals surface area (Å²) >= 11 is 0. The van der Waals surface area contributed by atoms with E-state index in [1.165, 1.54) is 26.2 Å². The van der Waals surface area contributed by atoms with Crippen molar-refractivity contribution in [2.75, 3.05) is 12.4 Å². The van der Waals surface area contributed by atoms with Gasteiger partial charge in [0, 0.05) is 29.3 Å². The molecular weight excluding hydrogens is 422 g/mol. The van der Waals surface area contributed by atoms with Crippen molar-refractivity contribution >= 4 is 17.6 Å². The van der Waals surface area contributed by atoms with Gasteiger partial charge in [0.05, 0.1) is 7.11 Å². The molecule has 0 spiro atoms. The van der Waals surface area contributed by atoms with Crippen LogP contribution in [0, 0.1) is 6.92 Å². The first-order valence-electron chi connectivity index (χ1n) is 10.1. The number of rotatable bonds is 6. The molecule has 3 aromatic carbocycles. The number of esters is 1. The second-order valence-electron chi connectivity index (χ2n) is 7.22. The Hall–Kier alpha value is -4.46. The Kier molecular flexibility index (Phi) is 6.17. The van der Waals surface area contributed by atoms with Crippen molar-refractivity contribution in [3.8, 4) is 34.4 Å². The predicted molar refractivity (Wildman–Crippen MR) is 122 cm³/mol. The normalized spacial score (nSPS) is 10.5. The lowest BCUT2D eigenvalue weighted by Crippen LogP contribution is -2.12. The van der Waals surface area contributed by atoms with Gasteiger partial charge in [0.15, 0.2) is 11.5 Å². The molecule has 0 atom stereocenters. The summed E-state index contributed by atoms with van der Waals surface area (Å²) in [6, 6.07) is 19.4. The predicted octanol–water partition coefficient (Wildman–Crippen LogP) is 4.90. The Morgan fingerprint density at radius 2 is 1.70 bits per heavy atom. The number of carbonyl (C=O) groups excluding carboxylic acids is 2. The fraction of sp³-hybridized carbons (Fsp3) is 0.120. The summed E-state index contributed by atoms with van der Waals surface area (Å²) in [4.78, 5) is 24.0. The van der Waals surface area contributed by atoms with Crippen molar-refractivity contribution in [1.29, 1.82) is 0 Å². The highest BCUT2D eigenvalue weighted by molar-refractivity contribution is 6.05. The summed E-state index contributed by atoms with van der Waals surface area (Å²) in [5.41, 5.74) is 3.46. The van der Waals surface area contributed by atoms with Gasteiger partial charge in [-0.05, 0) is 55.0 Å². The third kappa shape index (κ3) is 4.90. The summed E-state index contributed by atoms with van der Waals surface area (Å²) in [5.74, 6) is 0.458. The topological polar surface area (TPSA) is 104 Å². The van der Waals surface area contributed by atoms with E-state index in [4.69, 9.17) is 13.9 Å². The fourth-order valence-electron chi connectivity index (χ4n) is 3.24. The zero-order chi connectivity index (χ0) is 23.4. The van der Waals surface area contributed by atoms with Crippen LogP contribution < -0.4 is 14.8 Å². The molecule has 1 heterocycles. The molecule has 4 aromatic rings. The molecule has 1 aromatic heterocycles. The lowest BCUT2D eigenvalue weighted by molar-refractivity contribution is -0.132. The molecule has 8 nitrogen and oxygen atoms in total. The van der Waals surface area contributed by atoms with Crippen molar-refractivity contribution in [3.05, 3.63) is 77.9 Å². The molecule has 0 saturated carbocycles. The molecular formula is C25H21N3O5. The number of carbonyl (C=O) groups is 2. The number of nitrogens with zero attached hydrogens (tertiary/aromatic N) is 2. The summed E-state index contributed by atoms with van der Waals surface area (Å²) in [6.07, 6.45) is 0. The Balaban J connectivity index is 1.54. The molecule has 0 fully saturated rings. The SMILES string of the molecule is COc1cc(C(=O)Nc2cccc(-c3nnc(-c4ccccc4C)o3)c2)ccc1OC(C)=O. The lowest BCUT2D eigenvalue weighted by Gasteiger charge is -2.10. The van der Waals surface area contributed by atoms with Crippen LogP contribution in [0.25, 0.3) is 22.9 Å². The van der Waals surface area contributed by atoms with Gasteiger partial charge >= 0.3 is 5.97 Å². The van der Waals surface area contributed by atoms with Gasteiger partial charge in [-0.1, -0.05) is 24.3 Å². The largest absolute Gasteiger partial charge is 0.493 e. The van der Waals surface area contributed by atoms with Crippen LogP contribution in [0.3, 0.4) is 0 Å². The van der Waals surface area contributed by atoms with Crippen molar-refractivity contribution in [3.63, 3.8) is 0 Å². The molecule has 0 radical (unpaired) electrons. The van der Waals surface area contributed by atoms with E-state index >= 15 is 0 Å². The van der Waals surface area contributed by atoms with Gasteiger partial charge in [-0.3, -0.25) is 9.59 Å². The fourth-order valence-corrected chi connectivity index (χ4v) is 3.24. The molecule has 8 heteroatoms. The number of aromatic nitrogens is 2. The van der Waals surface area contributed by atoms with Gasteiger partial charge in [0.2, 0.25) is 11.8 Å². The van der Waals surface area contributed by atoms with Gasteiger partial charge < -0.3 is 19.2 Å². The highest BCUT2D eigenvalue weighted by Crippen LogP contribution is 2.30. The average molecular weight is 443 g/mol. The molecule has 0 aliphatic heterocycles. The quantitative estimate of drug-likeness (QED) is 0.334. The number of amides is 1. The number of anilines is 1. The number of hydrogen-bond donors (Lipinski definition) is 1. The number of nitrogens with one attached hydrogen (secondary N) is 1. The summed E-state index contributed by atoms with van der Waals surface area (Å²) in [5, 5.41) is 11.1. The van der Waals surface area contributed by atoms with E-state index in [0.29, 0.717) is 28.6 Å². The lowest BCUT2D eigenvalue weighted by atomic mass is 10.1. The molecule has 0 aliphatic rings. The van der Waals surface area contributed by atoms with Gasteiger partial charge in [-0.2, -0.15) is 0 Å². The minimum Gasteiger partial charge on any atom is -0.493 e. The van der Waals surface area contributed by atoms with Gasteiger partial charge in [-0.25, -0.2) is 0 Å². The van der Waals surface area contributed by atoms with Crippen molar-refractivity contribution < 1.29 is 23.5 Å². The second kappa shape index (κ2) is 9.35. The van der Waals surface area contributed by atoms with E-state index in [2.05, 4.69) is 15.5 Å². The van der Waals surface area contributed by atoms with Crippen molar-refractivity contribution in [2.45, 2.75) is 13.8 Å². The van der Waals surface area contributed by atoms with Gasteiger partial charge in [0.1, 0.15) is 0 Å². The van der Waals surface area contributed by atoms with E-state index < -0.39 is 5.97 Å². The zero-order valence-electron chi connectivity index (χ0n) is 18.3. The number of benzene rings is 3. The number of methoxy groups -OCH3 is 1. The van der Waals surface area contributed by atoms with Crippen LogP contribution >= 0.6 is 0 Å². The van der Waals surface area contributed by atoms with Crippen LogP contribution in [0.5, 0.6) is 11.5 Å². The van der Waals surface area contributed by atoms with Crippen LogP contribution in [0.15, 0.2) is 71.1 Å². The first-order valence-corrected chi connectivity index (χ1v) is 10.1. The summed E-state index contributed by atoms with van der Waals surface area (Å²) < 4.78 is 16.2. The molecule has 0 saturated heterocycles. The Bertz CT molecular complexity index is 1330. The first-order chi connectivity index (χ1) is 15.9. The monoisotopic (exact) mass is 443 g/mol. The molecule has 4 rings (SSSR count). The minimum absolute atomic E-state index is 0.240. The van der Waals surface area contributed by atoms with E-state index in [-0.39, 0.29) is 17.4 Å². The maximum Gasteiger partial charge on any atom is 0.308 e. The maximum atomic E-state index is 12.8. The van der Waals surface area contributed by atoms with Crippen LogP contribution in [-0.4, -0.2) is 29.2 Å². The summed E-state index contributed by atoms with van der Waals surface area (Å²) in [6.45, 7) is 3.27. The standard InChI is InChI=1S/C25H21N3O5/c1-15-7-4-5-10-20(15)25-28-27-24(33-25)18-8-6-9-19(13-18)26-23(30)17-11-12-21(32-16(2)29)22(14-17)31-3/h4-14H,1-3H3,(H,26,30). The maximum absolute atomic E-state index is 12.8. The Morgan fingerprint density at radius 3 is 2.45 bits per heavy atom. The smallest absolute Gasteiger partial charge is 0.308 e. The average Bonchev–Trinajstić information content (AvgIpc) is 3.29. The van der Waals surface area contributed by atoms with E-state index in [1.54, 1.807) is 24.3 Å². The number of aryl methyl sites for hydroxylation is 1. The van der Waals surface area contributed by atoms with Crippen LogP contribution in [-0.2, 0) is 4.79 Å². The minimum atomic E-state index is -0.478. The number of ether oxygens (including phenoxy) is 2. The summed E-state index contributed by atoms with van der Waals surface area (Å²) in [7, 11) is 1.43. The molecule has 33 heavy (non-hydrogen) atoms. The Morgan fingerprint density at radius 1 is 0.909 bits per heavy atom. The third-order valence-corrected chi connectivity index (χ3v) is 4.85. The first kappa shape index (κ1) is 21.8. The van der Waals surface area contributed by atoms with Crippen LogP contribution in [0.1, 0.15) is 22.8 Å². The highest BCUT2D eigenvalue weighted by Gasteiger charge is 2.15. The van der Waals surface area contributed by atoms with E-state index in [9.17, 15) is 9.59 Å². The van der Waals surface area contributed by atoms with Gasteiger partial charge in [-0.15, -0.1) is 10.2 Å². The van der Waals surface area contributed by atoms with Crippen molar-refractivity contribution in [2.24, 2.45) is 0 Å². The number of hydrogen-bond acceptors (Lipinski definition) is 7. The zero-order valence-corrected chi connectivity index (χ0v) is 18.3. The van der Waals surface area contributed by atoms with Crippen LogP contribution in [0.4, 0.5) is 5.69 Å². The van der Waals surface area contributed by atoms with Crippen LogP contribution in [0.2, 0.25) is 0 Å². The molecule has 166 valence electrons. The molecule has 1 N–H and O–H groups in total. The molecule has 0 aliphatic carbocycles. The van der Waals surface area contributed by atoms with E-state index in [0.717, 1.165) is 11.1 Å². The third-order valence-electron chi connectivity index (χ3n) is 4.85. The molecule has 0 bridgehead atoms. The van der Waals surface area contributed by atoms with Gasteiger partial charge in [0.25, 0.3) is 5.91 Å². The molecule has 1 amide bonds. The molecule has 0 unspecified atom stereocenters. The Labute approximate surface area is 190 Å².